The first-order valence-electron chi connectivity index (χ1n) is 10.7. The minimum Gasteiger partial charge on any atom is -0.493 e. The van der Waals surface area contributed by atoms with Crippen molar-refractivity contribution in [3.05, 3.63) is 75.8 Å². The van der Waals surface area contributed by atoms with Crippen LogP contribution in [0, 0.1) is 6.92 Å². The number of carbonyl (C=O) groups excluding carboxylic acids is 1. The second kappa shape index (κ2) is 11.7. The summed E-state index contributed by atoms with van der Waals surface area (Å²) in [4.78, 5) is 13.0. The van der Waals surface area contributed by atoms with Gasteiger partial charge in [0.1, 0.15) is 6.54 Å². The predicted molar refractivity (Wildman–Crippen MR) is 140 cm³/mol. The maximum Gasteiger partial charge on any atom is 0.264 e. The van der Waals surface area contributed by atoms with Crippen LogP contribution >= 0.6 is 23.2 Å². The van der Waals surface area contributed by atoms with Crippen LogP contribution < -0.4 is 23.8 Å². The lowest BCUT2D eigenvalue weighted by Gasteiger charge is -2.25. The van der Waals surface area contributed by atoms with Gasteiger partial charge in [-0.15, -0.1) is 0 Å². The molecular formula is C25H26Cl2N2O6S. The first-order valence-corrected chi connectivity index (χ1v) is 12.9. The molecule has 192 valence electrons. The van der Waals surface area contributed by atoms with E-state index >= 15 is 0 Å². The molecule has 1 N–H and O–H groups in total. The van der Waals surface area contributed by atoms with Crippen molar-refractivity contribution in [1.82, 2.24) is 5.32 Å². The van der Waals surface area contributed by atoms with E-state index in [1.54, 1.807) is 24.3 Å². The maximum atomic E-state index is 13.5. The molecular weight excluding hydrogens is 527 g/mol. The third-order valence-electron chi connectivity index (χ3n) is 5.29. The number of aryl methyl sites for hydroxylation is 1. The molecule has 3 aromatic rings. The Morgan fingerprint density at radius 3 is 2.06 bits per heavy atom. The molecule has 0 spiro atoms. The standard InChI is InChI=1S/C25H26Cl2N2O6S/c1-16-5-8-21(9-6-16)36(31,32)29(20-12-18(26)11-19(27)13-20)15-23(30)28-14-17-7-10-22(33-2)25(35-4)24(17)34-3/h5-13H,14-15H2,1-4H3,(H,28,30). The highest BCUT2D eigenvalue weighted by Crippen LogP contribution is 2.39. The van der Waals surface area contributed by atoms with Gasteiger partial charge in [-0.3, -0.25) is 9.10 Å². The molecule has 0 aromatic heterocycles. The van der Waals surface area contributed by atoms with Crippen molar-refractivity contribution in [1.29, 1.82) is 0 Å². The molecule has 0 aliphatic rings. The van der Waals surface area contributed by atoms with Gasteiger partial charge in [-0.25, -0.2) is 8.42 Å². The Morgan fingerprint density at radius 2 is 1.50 bits per heavy atom. The summed E-state index contributed by atoms with van der Waals surface area (Å²) in [7, 11) is 0.335. The Hall–Kier alpha value is -3.14. The van der Waals surface area contributed by atoms with Gasteiger partial charge in [0.15, 0.2) is 11.5 Å². The summed E-state index contributed by atoms with van der Waals surface area (Å²) in [5, 5.41) is 3.20. The molecule has 3 aromatic carbocycles. The van der Waals surface area contributed by atoms with Crippen LogP contribution in [0.5, 0.6) is 17.2 Å². The summed E-state index contributed by atoms with van der Waals surface area (Å²) in [6.07, 6.45) is 0. The Kier molecular flexibility index (Phi) is 8.94. The number of carbonyl (C=O) groups is 1. The normalized spacial score (nSPS) is 11.1. The third kappa shape index (κ3) is 6.16. The average molecular weight is 553 g/mol. The highest BCUT2D eigenvalue weighted by molar-refractivity contribution is 7.92. The Balaban J connectivity index is 1.91. The summed E-state index contributed by atoms with van der Waals surface area (Å²) >= 11 is 12.3. The van der Waals surface area contributed by atoms with Crippen LogP contribution in [0.15, 0.2) is 59.5 Å². The van der Waals surface area contributed by atoms with E-state index in [0.29, 0.717) is 22.8 Å². The van der Waals surface area contributed by atoms with Crippen molar-refractivity contribution in [2.75, 3.05) is 32.2 Å². The van der Waals surface area contributed by atoms with E-state index in [0.717, 1.165) is 9.87 Å². The summed E-state index contributed by atoms with van der Waals surface area (Å²) in [6.45, 7) is 1.39. The van der Waals surface area contributed by atoms with Crippen LogP contribution in [0.1, 0.15) is 11.1 Å². The van der Waals surface area contributed by atoms with Crippen molar-refractivity contribution in [3.63, 3.8) is 0 Å². The van der Waals surface area contributed by atoms with E-state index in [2.05, 4.69) is 5.32 Å². The first-order chi connectivity index (χ1) is 17.1. The van der Waals surface area contributed by atoms with Crippen LogP contribution in [0.4, 0.5) is 5.69 Å². The van der Waals surface area contributed by atoms with E-state index in [1.807, 2.05) is 6.92 Å². The number of benzene rings is 3. The number of halogens is 2. The maximum absolute atomic E-state index is 13.5. The van der Waals surface area contributed by atoms with Gasteiger partial charge in [0.2, 0.25) is 11.7 Å². The average Bonchev–Trinajstić information content (AvgIpc) is 2.84. The van der Waals surface area contributed by atoms with Gasteiger partial charge < -0.3 is 19.5 Å². The van der Waals surface area contributed by atoms with E-state index in [4.69, 9.17) is 37.4 Å². The molecule has 0 unspecified atom stereocenters. The molecule has 0 atom stereocenters. The zero-order valence-electron chi connectivity index (χ0n) is 20.2. The number of nitrogens with one attached hydrogen (secondary N) is 1. The van der Waals surface area contributed by atoms with Crippen LogP contribution in [-0.4, -0.2) is 42.2 Å². The number of nitrogens with zero attached hydrogens (tertiary/aromatic N) is 1. The highest BCUT2D eigenvalue weighted by Gasteiger charge is 2.28. The van der Waals surface area contributed by atoms with Gasteiger partial charge in [0.05, 0.1) is 31.9 Å². The van der Waals surface area contributed by atoms with Crippen molar-refractivity contribution >= 4 is 44.8 Å². The Morgan fingerprint density at radius 1 is 0.889 bits per heavy atom. The molecule has 0 aliphatic carbocycles. The van der Waals surface area contributed by atoms with Crippen LogP contribution in [-0.2, 0) is 21.4 Å². The fourth-order valence-electron chi connectivity index (χ4n) is 3.52. The van der Waals surface area contributed by atoms with Crippen molar-refractivity contribution in [2.45, 2.75) is 18.4 Å². The summed E-state index contributed by atoms with van der Waals surface area (Å²) in [6, 6.07) is 14.1. The van der Waals surface area contributed by atoms with Crippen molar-refractivity contribution in [2.24, 2.45) is 0 Å². The van der Waals surface area contributed by atoms with Crippen molar-refractivity contribution in [3.8, 4) is 17.2 Å². The monoisotopic (exact) mass is 552 g/mol. The van der Waals surface area contributed by atoms with Gasteiger partial charge in [0.25, 0.3) is 10.0 Å². The molecule has 1 amide bonds. The minimum absolute atomic E-state index is 0.0264. The minimum atomic E-state index is -4.12. The zero-order valence-corrected chi connectivity index (χ0v) is 22.5. The van der Waals surface area contributed by atoms with E-state index in [1.165, 1.54) is 51.7 Å². The largest absolute Gasteiger partial charge is 0.493 e. The number of ether oxygens (including phenoxy) is 3. The highest BCUT2D eigenvalue weighted by atomic mass is 35.5. The fourth-order valence-corrected chi connectivity index (χ4v) is 5.44. The van der Waals surface area contributed by atoms with Gasteiger partial charge >= 0.3 is 0 Å². The molecule has 36 heavy (non-hydrogen) atoms. The number of hydrogen-bond donors (Lipinski definition) is 1. The molecule has 0 saturated heterocycles. The zero-order chi connectivity index (χ0) is 26.5. The SMILES string of the molecule is COc1ccc(CNC(=O)CN(c2cc(Cl)cc(Cl)c2)S(=O)(=O)c2ccc(C)cc2)c(OC)c1OC. The molecule has 0 fully saturated rings. The number of rotatable bonds is 10. The Labute approximate surface area is 220 Å². The molecule has 8 nitrogen and oxygen atoms in total. The smallest absolute Gasteiger partial charge is 0.264 e. The van der Waals surface area contributed by atoms with E-state index < -0.39 is 22.5 Å². The first kappa shape index (κ1) is 27.4. The lowest BCUT2D eigenvalue weighted by Crippen LogP contribution is -2.40. The molecule has 0 bridgehead atoms. The topological polar surface area (TPSA) is 94.2 Å². The van der Waals surface area contributed by atoms with Crippen LogP contribution in [0.2, 0.25) is 10.0 Å². The van der Waals surface area contributed by atoms with E-state index in [9.17, 15) is 13.2 Å². The summed E-state index contributed by atoms with van der Waals surface area (Å²) < 4.78 is 44.2. The number of amides is 1. The number of methoxy groups -OCH3 is 3. The van der Waals surface area contributed by atoms with Crippen LogP contribution in [0.3, 0.4) is 0 Å². The molecule has 0 heterocycles. The quantitative estimate of drug-likeness (QED) is 0.386. The van der Waals surface area contributed by atoms with Gasteiger partial charge in [-0.05, 0) is 49.4 Å². The summed E-state index contributed by atoms with van der Waals surface area (Å²) in [5.41, 5.74) is 1.67. The van der Waals surface area contributed by atoms with Crippen molar-refractivity contribution < 1.29 is 27.4 Å². The third-order valence-corrected chi connectivity index (χ3v) is 7.52. The fraction of sp³-hybridized carbons (Fsp3) is 0.240. The lowest BCUT2D eigenvalue weighted by atomic mass is 10.1. The van der Waals surface area contributed by atoms with E-state index in [-0.39, 0.29) is 27.2 Å². The summed E-state index contributed by atoms with van der Waals surface area (Å²) in [5.74, 6) is 0.683. The van der Waals surface area contributed by atoms with Gasteiger partial charge in [-0.1, -0.05) is 40.9 Å². The molecule has 0 aliphatic heterocycles. The molecule has 11 heteroatoms. The predicted octanol–water partition coefficient (Wildman–Crippen LogP) is 4.84. The molecule has 3 rings (SSSR count). The van der Waals surface area contributed by atoms with Gasteiger partial charge in [-0.2, -0.15) is 0 Å². The second-order valence-electron chi connectivity index (χ2n) is 7.72. The number of hydrogen-bond acceptors (Lipinski definition) is 6. The molecule has 0 radical (unpaired) electrons. The number of anilines is 1. The number of sulfonamides is 1. The Bertz CT molecular complexity index is 1330. The van der Waals surface area contributed by atoms with Gasteiger partial charge in [0, 0.05) is 22.2 Å². The second-order valence-corrected chi connectivity index (χ2v) is 10.5. The lowest BCUT2D eigenvalue weighted by molar-refractivity contribution is -0.119. The van der Waals surface area contributed by atoms with Crippen LogP contribution in [0.25, 0.3) is 0 Å². The molecule has 0 saturated carbocycles.